The van der Waals surface area contributed by atoms with Crippen LogP contribution in [0, 0.1) is 17.5 Å². The molecular formula is C16H11F6NO. The molecular weight excluding hydrogens is 336 g/mol. The highest BCUT2D eigenvalue weighted by atomic mass is 19.4. The molecule has 0 bridgehead atoms. The number of benzene rings is 2. The van der Waals surface area contributed by atoms with Crippen LogP contribution in [0.1, 0.15) is 11.1 Å². The Bertz CT molecular complexity index is 726. The van der Waals surface area contributed by atoms with Crippen molar-refractivity contribution in [1.29, 1.82) is 0 Å². The molecule has 0 unspecified atom stereocenters. The number of hydrogen-bond donors (Lipinski definition) is 0. The first-order valence-corrected chi connectivity index (χ1v) is 6.72. The second-order valence-corrected chi connectivity index (χ2v) is 5.00. The van der Waals surface area contributed by atoms with Crippen LogP contribution in [0.4, 0.5) is 26.3 Å². The Balaban J connectivity index is 2.30. The van der Waals surface area contributed by atoms with Crippen LogP contribution < -0.4 is 0 Å². The van der Waals surface area contributed by atoms with Gasteiger partial charge in [0, 0.05) is 18.7 Å². The van der Waals surface area contributed by atoms with Crippen molar-refractivity contribution in [2.45, 2.75) is 19.3 Å². The normalized spacial score (nSPS) is 11.4. The van der Waals surface area contributed by atoms with Crippen molar-refractivity contribution < 1.29 is 31.1 Å². The molecule has 0 radical (unpaired) electrons. The van der Waals surface area contributed by atoms with E-state index in [2.05, 4.69) is 0 Å². The Morgan fingerprint density at radius 1 is 0.917 bits per heavy atom. The lowest BCUT2D eigenvalue weighted by molar-refractivity contribution is -0.186. The second-order valence-electron chi connectivity index (χ2n) is 5.00. The van der Waals surface area contributed by atoms with E-state index in [9.17, 15) is 31.1 Å². The molecule has 24 heavy (non-hydrogen) atoms. The first-order chi connectivity index (χ1) is 11.2. The molecule has 0 aliphatic rings. The summed E-state index contributed by atoms with van der Waals surface area (Å²) < 4.78 is 77.9. The monoisotopic (exact) mass is 347 g/mol. The van der Waals surface area contributed by atoms with E-state index >= 15 is 0 Å². The molecule has 0 saturated heterocycles. The average molecular weight is 347 g/mol. The van der Waals surface area contributed by atoms with E-state index in [0.29, 0.717) is 4.90 Å². The van der Waals surface area contributed by atoms with Crippen molar-refractivity contribution in [3.05, 3.63) is 71.0 Å². The molecule has 128 valence electrons. The van der Waals surface area contributed by atoms with Crippen molar-refractivity contribution in [3.8, 4) is 0 Å². The van der Waals surface area contributed by atoms with Gasteiger partial charge in [-0.15, -0.1) is 0 Å². The predicted octanol–water partition coefficient (Wildman–Crippen LogP) is 4.20. The summed E-state index contributed by atoms with van der Waals surface area (Å²) in [5.41, 5.74) is -0.180. The Hall–Kier alpha value is -2.51. The fraction of sp³-hybridized carbons (Fsp3) is 0.188. The molecule has 0 aliphatic carbocycles. The van der Waals surface area contributed by atoms with Crippen LogP contribution >= 0.6 is 0 Å². The summed E-state index contributed by atoms with van der Waals surface area (Å²) in [6, 6.07) is 7.47. The topological polar surface area (TPSA) is 20.3 Å². The minimum Gasteiger partial charge on any atom is -0.326 e. The van der Waals surface area contributed by atoms with Crippen molar-refractivity contribution >= 4 is 5.91 Å². The van der Waals surface area contributed by atoms with Crippen molar-refractivity contribution in [3.63, 3.8) is 0 Å². The summed E-state index contributed by atoms with van der Waals surface area (Å²) in [6.07, 6.45) is -5.18. The zero-order valence-electron chi connectivity index (χ0n) is 12.1. The molecule has 2 aromatic carbocycles. The summed E-state index contributed by atoms with van der Waals surface area (Å²) in [7, 11) is 0. The number of alkyl halides is 3. The van der Waals surface area contributed by atoms with Crippen LogP contribution in [-0.2, 0) is 17.9 Å². The third-order valence-electron chi connectivity index (χ3n) is 3.21. The van der Waals surface area contributed by atoms with Gasteiger partial charge in [0.15, 0.2) is 11.6 Å². The number of amides is 1. The summed E-state index contributed by atoms with van der Waals surface area (Å²) in [5, 5.41) is 0. The summed E-state index contributed by atoms with van der Waals surface area (Å²) in [4.78, 5) is 11.9. The fourth-order valence-corrected chi connectivity index (χ4v) is 2.07. The maximum atomic E-state index is 13.7. The van der Waals surface area contributed by atoms with E-state index < -0.39 is 48.2 Å². The first kappa shape index (κ1) is 17.8. The fourth-order valence-electron chi connectivity index (χ4n) is 2.07. The average Bonchev–Trinajstić information content (AvgIpc) is 2.51. The lowest BCUT2D eigenvalue weighted by Gasteiger charge is -2.24. The highest BCUT2D eigenvalue weighted by molar-refractivity contribution is 5.81. The van der Waals surface area contributed by atoms with Gasteiger partial charge in [0.25, 0.3) is 0 Å². The molecule has 0 heterocycles. The quantitative estimate of drug-likeness (QED) is 0.760. The smallest absolute Gasteiger partial charge is 0.326 e. The number of hydrogen-bond acceptors (Lipinski definition) is 1. The van der Waals surface area contributed by atoms with Gasteiger partial charge in [-0.25, -0.2) is 13.2 Å². The lowest BCUT2D eigenvalue weighted by atomic mass is 10.1. The van der Waals surface area contributed by atoms with Crippen LogP contribution in [0.3, 0.4) is 0 Å². The highest BCUT2D eigenvalue weighted by Crippen LogP contribution is 2.23. The largest absolute Gasteiger partial charge is 0.471 e. The van der Waals surface area contributed by atoms with Crippen LogP contribution in [0.2, 0.25) is 0 Å². The Morgan fingerprint density at radius 3 is 2.12 bits per heavy atom. The molecule has 0 N–H and O–H groups in total. The van der Waals surface area contributed by atoms with Gasteiger partial charge in [-0.2, -0.15) is 13.2 Å². The first-order valence-electron chi connectivity index (χ1n) is 6.72. The van der Waals surface area contributed by atoms with Crippen molar-refractivity contribution in [2.24, 2.45) is 0 Å². The van der Waals surface area contributed by atoms with E-state index in [0.717, 1.165) is 30.3 Å². The Kier molecular flexibility index (Phi) is 5.16. The van der Waals surface area contributed by atoms with E-state index in [1.807, 2.05) is 0 Å². The Morgan fingerprint density at radius 2 is 1.54 bits per heavy atom. The molecule has 0 aliphatic heterocycles. The predicted molar refractivity (Wildman–Crippen MR) is 73.1 cm³/mol. The minimum atomic E-state index is -5.18. The molecule has 2 aromatic rings. The van der Waals surface area contributed by atoms with E-state index in [1.54, 1.807) is 0 Å². The number of halogens is 6. The van der Waals surface area contributed by atoms with Gasteiger partial charge in [-0.3, -0.25) is 4.79 Å². The number of rotatable bonds is 4. The molecule has 2 nitrogen and oxygen atoms in total. The van der Waals surface area contributed by atoms with Crippen LogP contribution in [0.25, 0.3) is 0 Å². The van der Waals surface area contributed by atoms with Crippen LogP contribution in [0.15, 0.2) is 42.5 Å². The number of carbonyl (C=O) groups excluding carboxylic acids is 1. The van der Waals surface area contributed by atoms with Gasteiger partial charge in [0.1, 0.15) is 5.82 Å². The van der Waals surface area contributed by atoms with Crippen LogP contribution in [-0.4, -0.2) is 17.0 Å². The summed E-state index contributed by atoms with van der Waals surface area (Å²) in [5.74, 6) is -5.34. The van der Waals surface area contributed by atoms with E-state index in [1.165, 1.54) is 12.1 Å². The second kappa shape index (κ2) is 6.94. The maximum Gasteiger partial charge on any atom is 0.471 e. The molecule has 0 saturated carbocycles. The molecule has 0 atom stereocenters. The lowest BCUT2D eigenvalue weighted by Crippen LogP contribution is -2.40. The SMILES string of the molecule is O=C(N(Cc1ccc(F)cc1)Cc1cccc(F)c1F)C(F)(F)F. The molecule has 2 rings (SSSR count). The maximum absolute atomic E-state index is 13.7. The summed E-state index contributed by atoms with van der Waals surface area (Å²) >= 11 is 0. The highest BCUT2D eigenvalue weighted by Gasteiger charge is 2.42. The van der Waals surface area contributed by atoms with E-state index in [-0.39, 0.29) is 5.56 Å². The zero-order valence-corrected chi connectivity index (χ0v) is 12.1. The molecule has 0 fully saturated rings. The Labute approximate surface area is 133 Å². The number of nitrogens with zero attached hydrogens (tertiary/aromatic N) is 1. The number of carbonyl (C=O) groups is 1. The third kappa shape index (κ3) is 4.27. The van der Waals surface area contributed by atoms with E-state index in [4.69, 9.17) is 0 Å². The van der Waals surface area contributed by atoms with Gasteiger partial charge in [-0.1, -0.05) is 24.3 Å². The zero-order chi connectivity index (χ0) is 17.9. The standard InChI is InChI=1S/C16H11F6NO/c17-12-6-4-10(5-7-12)8-23(15(24)16(20,21)22)9-11-2-1-3-13(18)14(11)19/h1-7H,8-9H2. The van der Waals surface area contributed by atoms with Gasteiger partial charge >= 0.3 is 12.1 Å². The molecule has 1 amide bonds. The molecule has 0 spiro atoms. The van der Waals surface area contributed by atoms with Gasteiger partial charge in [-0.05, 0) is 23.8 Å². The molecule has 8 heteroatoms. The van der Waals surface area contributed by atoms with Gasteiger partial charge in [0.2, 0.25) is 0 Å². The van der Waals surface area contributed by atoms with Crippen LogP contribution in [0.5, 0.6) is 0 Å². The minimum absolute atomic E-state index is 0.214. The third-order valence-corrected chi connectivity index (χ3v) is 3.21. The van der Waals surface area contributed by atoms with Crippen molar-refractivity contribution in [1.82, 2.24) is 4.90 Å². The molecule has 0 aromatic heterocycles. The van der Waals surface area contributed by atoms with Gasteiger partial charge in [0.05, 0.1) is 0 Å². The van der Waals surface area contributed by atoms with Gasteiger partial charge < -0.3 is 4.90 Å². The summed E-state index contributed by atoms with van der Waals surface area (Å²) in [6.45, 7) is -1.31. The van der Waals surface area contributed by atoms with Crippen molar-refractivity contribution in [2.75, 3.05) is 0 Å².